The standard InChI is InChI=1S/C13H17N3O2S2/c1-4-9-5-6-10(20-9)12-14-15-13(16(12)8(2)3)19-7-11(17)18/h5-6,8H,4,7H2,1-3H3,(H,17,18). The predicted molar refractivity (Wildman–Crippen MR) is 81.5 cm³/mol. The van der Waals surface area contributed by atoms with Gasteiger partial charge in [0.2, 0.25) is 0 Å². The number of carboxylic acid groups (broad SMARTS) is 1. The van der Waals surface area contributed by atoms with Crippen LogP contribution in [-0.2, 0) is 11.2 Å². The van der Waals surface area contributed by atoms with Crippen LogP contribution in [0.5, 0.6) is 0 Å². The van der Waals surface area contributed by atoms with Gasteiger partial charge in [-0.25, -0.2) is 0 Å². The smallest absolute Gasteiger partial charge is 0.313 e. The van der Waals surface area contributed by atoms with Crippen LogP contribution < -0.4 is 0 Å². The van der Waals surface area contributed by atoms with Gasteiger partial charge in [0, 0.05) is 10.9 Å². The quantitative estimate of drug-likeness (QED) is 0.829. The fraction of sp³-hybridized carbons (Fsp3) is 0.462. The van der Waals surface area contributed by atoms with Crippen molar-refractivity contribution < 1.29 is 9.90 Å². The first-order valence-corrected chi connectivity index (χ1v) is 8.21. The highest BCUT2D eigenvalue weighted by atomic mass is 32.2. The van der Waals surface area contributed by atoms with Gasteiger partial charge in [-0.05, 0) is 32.4 Å². The Balaban J connectivity index is 2.35. The number of aromatic nitrogens is 3. The topological polar surface area (TPSA) is 68.0 Å². The summed E-state index contributed by atoms with van der Waals surface area (Å²) in [6, 6.07) is 4.34. The second-order valence-electron chi connectivity index (χ2n) is 4.57. The Morgan fingerprint density at radius 3 is 2.75 bits per heavy atom. The highest BCUT2D eigenvalue weighted by molar-refractivity contribution is 7.99. The van der Waals surface area contributed by atoms with Crippen LogP contribution in [0.15, 0.2) is 17.3 Å². The third-order valence-corrected chi connectivity index (χ3v) is 4.89. The van der Waals surface area contributed by atoms with E-state index in [0.29, 0.717) is 5.16 Å². The average molecular weight is 311 g/mol. The third kappa shape index (κ3) is 3.21. The summed E-state index contributed by atoms with van der Waals surface area (Å²) in [5, 5.41) is 17.8. The lowest BCUT2D eigenvalue weighted by molar-refractivity contribution is -0.133. The lowest BCUT2D eigenvalue weighted by Gasteiger charge is -2.12. The van der Waals surface area contributed by atoms with Crippen LogP contribution in [0.25, 0.3) is 10.7 Å². The first kappa shape index (κ1) is 15.1. The van der Waals surface area contributed by atoms with Gasteiger partial charge >= 0.3 is 5.97 Å². The van der Waals surface area contributed by atoms with Gasteiger partial charge in [-0.15, -0.1) is 21.5 Å². The number of hydrogen-bond acceptors (Lipinski definition) is 5. The van der Waals surface area contributed by atoms with Crippen molar-refractivity contribution in [1.29, 1.82) is 0 Å². The second-order valence-corrected chi connectivity index (χ2v) is 6.68. The van der Waals surface area contributed by atoms with Crippen molar-refractivity contribution in [2.75, 3.05) is 5.75 Å². The molecule has 2 aromatic heterocycles. The summed E-state index contributed by atoms with van der Waals surface area (Å²) in [5.74, 6) is -0.0352. The zero-order chi connectivity index (χ0) is 14.7. The number of carbonyl (C=O) groups is 1. The van der Waals surface area contributed by atoms with Crippen molar-refractivity contribution >= 4 is 29.1 Å². The van der Waals surface area contributed by atoms with E-state index in [2.05, 4.69) is 29.3 Å². The van der Waals surface area contributed by atoms with Crippen LogP contribution in [-0.4, -0.2) is 31.6 Å². The Morgan fingerprint density at radius 1 is 1.45 bits per heavy atom. The maximum Gasteiger partial charge on any atom is 0.313 e. The molecular weight excluding hydrogens is 294 g/mol. The number of carboxylic acids is 1. The molecule has 5 nitrogen and oxygen atoms in total. The Morgan fingerprint density at radius 2 is 2.20 bits per heavy atom. The molecule has 2 aromatic rings. The van der Waals surface area contributed by atoms with Gasteiger partial charge in [-0.2, -0.15) is 0 Å². The van der Waals surface area contributed by atoms with E-state index >= 15 is 0 Å². The molecule has 0 atom stereocenters. The molecule has 0 aromatic carbocycles. The monoisotopic (exact) mass is 311 g/mol. The number of nitrogens with zero attached hydrogens (tertiary/aromatic N) is 3. The maximum absolute atomic E-state index is 10.7. The van der Waals surface area contributed by atoms with E-state index in [1.165, 1.54) is 16.6 Å². The van der Waals surface area contributed by atoms with E-state index in [4.69, 9.17) is 5.11 Å². The summed E-state index contributed by atoms with van der Waals surface area (Å²) in [4.78, 5) is 13.1. The highest BCUT2D eigenvalue weighted by Gasteiger charge is 2.18. The molecule has 20 heavy (non-hydrogen) atoms. The number of rotatable bonds is 6. The Labute approximate surface area is 126 Å². The van der Waals surface area contributed by atoms with E-state index in [1.807, 2.05) is 18.4 Å². The number of thioether (sulfide) groups is 1. The number of thiophene rings is 1. The lowest BCUT2D eigenvalue weighted by atomic mass is 10.3. The predicted octanol–water partition coefficient (Wildman–Crippen LogP) is 3.33. The van der Waals surface area contributed by atoms with Gasteiger partial charge in [-0.1, -0.05) is 18.7 Å². The van der Waals surface area contributed by atoms with Gasteiger partial charge in [0.15, 0.2) is 11.0 Å². The molecule has 0 radical (unpaired) electrons. The minimum Gasteiger partial charge on any atom is -0.481 e. The molecule has 0 aliphatic rings. The molecule has 0 bridgehead atoms. The largest absolute Gasteiger partial charge is 0.481 e. The van der Waals surface area contributed by atoms with Crippen LogP contribution in [0.4, 0.5) is 0 Å². The van der Waals surface area contributed by atoms with E-state index in [-0.39, 0.29) is 11.8 Å². The summed E-state index contributed by atoms with van der Waals surface area (Å²) in [7, 11) is 0. The van der Waals surface area contributed by atoms with Crippen LogP contribution in [0.2, 0.25) is 0 Å². The molecular formula is C13H17N3O2S2. The molecule has 0 amide bonds. The molecule has 0 unspecified atom stereocenters. The second kappa shape index (κ2) is 6.41. The van der Waals surface area contributed by atoms with E-state index in [0.717, 1.165) is 17.1 Å². The SMILES string of the molecule is CCc1ccc(-c2nnc(SCC(=O)O)n2C(C)C)s1. The van der Waals surface area contributed by atoms with Gasteiger partial charge in [0.25, 0.3) is 0 Å². The summed E-state index contributed by atoms with van der Waals surface area (Å²) >= 11 is 2.91. The van der Waals surface area contributed by atoms with Crippen molar-refractivity contribution in [2.45, 2.75) is 38.4 Å². The molecule has 0 aliphatic carbocycles. The minimum atomic E-state index is -0.848. The van der Waals surface area contributed by atoms with Crippen molar-refractivity contribution in [3.05, 3.63) is 17.0 Å². The van der Waals surface area contributed by atoms with Crippen LogP contribution >= 0.6 is 23.1 Å². The molecule has 2 heterocycles. The molecule has 108 valence electrons. The molecule has 0 spiro atoms. The average Bonchev–Trinajstić information content (AvgIpc) is 3.02. The van der Waals surface area contributed by atoms with Crippen molar-refractivity contribution in [1.82, 2.24) is 14.8 Å². The van der Waals surface area contributed by atoms with E-state index in [9.17, 15) is 4.79 Å². The summed E-state index contributed by atoms with van der Waals surface area (Å²) in [5.41, 5.74) is 0. The number of aliphatic carboxylic acids is 1. The fourth-order valence-electron chi connectivity index (χ4n) is 1.82. The van der Waals surface area contributed by atoms with Crippen molar-refractivity contribution in [3.8, 4) is 10.7 Å². The first-order chi connectivity index (χ1) is 9.52. The Bertz CT molecular complexity index is 605. The Hall–Kier alpha value is -1.34. The van der Waals surface area contributed by atoms with E-state index < -0.39 is 5.97 Å². The molecule has 1 N–H and O–H groups in total. The zero-order valence-electron chi connectivity index (χ0n) is 11.7. The first-order valence-electron chi connectivity index (χ1n) is 6.41. The minimum absolute atomic E-state index is 0.00446. The van der Waals surface area contributed by atoms with Crippen molar-refractivity contribution in [3.63, 3.8) is 0 Å². The summed E-state index contributed by atoms with van der Waals surface area (Å²) in [6.45, 7) is 6.22. The molecule has 0 aliphatic heterocycles. The van der Waals surface area contributed by atoms with Crippen molar-refractivity contribution in [2.24, 2.45) is 0 Å². The lowest BCUT2D eigenvalue weighted by Crippen LogP contribution is -2.06. The zero-order valence-corrected chi connectivity index (χ0v) is 13.3. The Kier molecular flexibility index (Phi) is 4.82. The fourth-order valence-corrected chi connectivity index (χ4v) is 3.54. The number of aryl methyl sites for hydroxylation is 1. The molecule has 7 heteroatoms. The summed E-state index contributed by atoms with van der Waals surface area (Å²) < 4.78 is 2.00. The molecule has 2 rings (SSSR count). The maximum atomic E-state index is 10.7. The molecule has 0 fully saturated rings. The number of hydrogen-bond donors (Lipinski definition) is 1. The highest BCUT2D eigenvalue weighted by Crippen LogP contribution is 2.32. The third-order valence-electron chi connectivity index (χ3n) is 2.74. The molecule has 0 saturated heterocycles. The van der Waals surface area contributed by atoms with Crippen LogP contribution in [0.1, 0.15) is 31.7 Å². The molecule has 0 saturated carbocycles. The van der Waals surface area contributed by atoms with Gasteiger partial charge in [0.05, 0.1) is 10.6 Å². The van der Waals surface area contributed by atoms with E-state index in [1.54, 1.807) is 11.3 Å². The van der Waals surface area contributed by atoms with Gasteiger partial charge in [0.1, 0.15) is 0 Å². The van der Waals surface area contributed by atoms with Crippen LogP contribution in [0.3, 0.4) is 0 Å². The normalized spacial score (nSPS) is 11.2. The summed E-state index contributed by atoms with van der Waals surface area (Å²) in [6.07, 6.45) is 1.00. The van der Waals surface area contributed by atoms with Gasteiger partial charge in [-0.3, -0.25) is 9.36 Å². The van der Waals surface area contributed by atoms with Crippen LogP contribution in [0, 0.1) is 0 Å². The van der Waals surface area contributed by atoms with Gasteiger partial charge < -0.3 is 5.11 Å².